The van der Waals surface area contributed by atoms with Gasteiger partial charge in [-0.2, -0.15) is 0 Å². The van der Waals surface area contributed by atoms with Crippen molar-refractivity contribution < 1.29 is 9.13 Å². The van der Waals surface area contributed by atoms with Crippen molar-refractivity contribution in [1.29, 1.82) is 0 Å². The van der Waals surface area contributed by atoms with Crippen LogP contribution in [0.25, 0.3) is 0 Å². The number of allylic oxidation sites excluding steroid dienone is 3. The number of hydrogen-bond donors (Lipinski definition) is 0. The molecule has 3 fully saturated rings. The average molecular weight is 498 g/mol. The van der Waals surface area contributed by atoms with Gasteiger partial charge in [0.1, 0.15) is 5.84 Å². The first-order valence-corrected chi connectivity index (χ1v) is 13.0. The first-order valence-electron chi connectivity index (χ1n) is 13.0. The SMILES string of the molecule is C=C/C=C(/C(F)=C(\N=C(C)N1CCN(Cc2ccncc2)CC1)N1CCOCC1)N1CCN(C)CC1. The van der Waals surface area contributed by atoms with Crippen LogP contribution < -0.4 is 0 Å². The van der Waals surface area contributed by atoms with E-state index < -0.39 is 0 Å². The highest BCUT2D eigenvalue weighted by Crippen LogP contribution is 2.26. The van der Waals surface area contributed by atoms with E-state index in [9.17, 15) is 0 Å². The van der Waals surface area contributed by atoms with E-state index >= 15 is 4.39 Å². The van der Waals surface area contributed by atoms with Crippen LogP contribution in [0.5, 0.6) is 0 Å². The summed E-state index contributed by atoms with van der Waals surface area (Å²) in [5, 5.41) is 0. The van der Waals surface area contributed by atoms with Crippen molar-refractivity contribution in [3.8, 4) is 0 Å². The summed E-state index contributed by atoms with van der Waals surface area (Å²) < 4.78 is 21.8. The normalized spacial score (nSPS) is 22.0. The Morgan fingerprint density at radius 2 is 1.61 bits per heavy atom. The Balaban J connectivity index is 1.52. The highest BCUT2D eigenvalue weighted by molar-refractivity contribution is 5.81. The van der Waals surface area contributed by atoms with E-state index in [1.54, 1.807) is 12.2 Å². The molecule has 0 amide bonds. The second kappa shape index (κ2) is 13.0. The molecule has 4 heterocycles. The average Bonchev–Trinajstić information content (AvgIpc) is 2.92. The van der Waals surface area contributed by atoms with Crippen molar-refractivity contribution in [1.82, 2.24) is 29.5 Å². The van der Waals surface area contributed by atoms with E-state index in [-0.39, 0.29) is 5.83 Å². The van der Waals surface area contributed by atoms with E-state index in [4.69, 9.17) is 9.73 Å². The van der Waals surface area contributed by atoms with Crippen LogP contribution in [0.2, 0.25) is 0 Å². The van der Waals surface area contributed by atoms with E-state index in [2.05, 4.69) is 50.3 Å². The van der Waals surface area contributed by atoms with Gasteiger partial charge in [0.05, 0.1) is 18.9 Å². The fraction of sp³-hybridized carbons (Fsp3) is 0.556. The largest absolute Gasteiger partial charge is 0.378 e. The number of likely N-dealkylation sites (N-methyl/N-ethyl adjacent to an activating group) is 1. The molecule has 0 radical (unpaired) electrons. The number of rotatable bonds is 7. The maximum Gasteiger partial charge on any atom is 0.188 e. The predicted molar refractivity (Wildman–Crippen MR) is 142 cm³/mol. The fourth-order valence-corrected chi connectivity index (χ4v) is 4.82. The van der Waals surface area contributed by atoms with Gasteiger partial charge in [0, 0.05) is 84.4 Å². The standard InChI is InChI=1S/C27H40FN7O/c1-4-5-25(34-14-10-31(3)11-15-34)26(28)27(35-18-20-36-21-19-35)30-23(2)33-16-12-32(13-17-33)22-24-6-8-29-9-7-24/h4-9H,1,10-22H2,2-3H3/b25-5-,27-26-,30-23?. The van der Waals surface area contributed by atoms with E-state index in [0.29, 0.717) is 37.8 Å². The number of ether oxygens (including phenoxy) is 1. The summed E-state index contributed by atoms with van der Waals surface area (Å²) >= 11 is 0. The second-order valence-electron chi connectivity index (χ2n) is 9.59. The molecule has 0 aliphatic carbocycles. The van der Waals surface area contributed by atoms with Gasteiger partial charge in [0.2, 0.25) is 0 Å². The molecule has 0 saturated carbocycles. The van der Waals surface area contributed by atoms with Crippen LogP contribution in [0.4, 0.5) is 4.39 Å². The lowest BCUT2D eigenvalue weighted by Gasteiger charge is -2.37. The molecule has 4 rings (SSSR count). The van der Waals surface area contributed by atoms with Crippen LogP contribution in [0, 0.1) is 0 Å². The van der Waals surface area contributed by atoms with Crippen LogP contribution in [0.1, 0.15) is 12.5 Å². The smallest absolute Gasteiger partial charge is 0.188 e. The molecule has 0 N–H and O–H groups in total. The molecular weight excluding hydrogens is 457 g/mol. The molecule has 0 bridgehead atoms. The Hall–Kier alpha value is -2.75. The summed E-state index contributed by atoms with van der Waals surface area (Å²) in [6, 6.07) is 4.13. The molecule has 1 aromatic rings. The van der Waals surface area contributed by atoms with Crippen molar-refractivity contribution in [2.45, 2.75) is 13.5 Å². The zero-order chi connectivity index (χ0) is 25.3. The zero-order valence-corrected chi connectivity index (χ0v) is 21.8. The maximum atomic E-state index is 16.3. The van der Waals surface area contributed by atoms with Gasteiger partial charge in [-0.15, -0.1) is 0 Å². The number of aliphatic imine (C=N–C) groups is 1. The summed E-state index contributed by atoms with van der Waals surface area (Å²) in [4.78, 5) is 20.1. The molecule has 0 aromatic carbocycles. The number of hydrogen-bond acceptors (Lipinski definition) is 7. The number of nitrogens with zero attached hydrogens (tertiary/aromatic N) is 7. The van der Waals surface area contributed by atoms with Gasteiger partial charge in [0.25, 0.3) is 0 Å². The Kier molecular flexibility index (Phi) is 9.49. The third-order valence-corrected chi connectivity index (χ3v) is 7.10. The van der Waals surface area contributed by atoms with E-state index in [1.807, 2.05) is 24.2 Å². The minimum atomic E-state index is -0.281. The van der Waals surface area contributed by atoms with Crippen molar-refractivity contribution >= 4 is 5.84 Å². The van der Waals surface area contributed by atoms with Gasteiger partial charge in [-0.25, -0.2) is 9.38 Å². The third-order valence-electron chi connectivity index (χ3n) is 7.10. The quantitative estimate of drug-likeness (QED) is 0.326. The summed E-state index contributed by atoms with van der Waals surface area (Å²) in [5.74, 6) is 0.977. The predicted octanol–water partition coefficient (Wildman–Crippen LogP) is 2.41. The van der Waals surface area contributed by atoms with Crippen LogP contribution in [0.15, 0.2) is 65.6 Å². The number of morpholine rings is 1. The Bertz CT molecular complexity index is 942. The minimum absolute atomic E-state index is 0.281. The van der Waals surface area contributed by atoms with Crippen molar-refractivity contribution in [2.75, 3.05) is 85.7 Å². The molecule has 9 heteroatoms. The number of pyridine rings is 1. The van der Waals surface area contributed by atoms with E-state index in [0.717, 1.165) is 64.7 Å². The number of aromatic nitrogens is 1. The van der Waals surface area contributed by atoms with E-state index in [1.165, 1.54) is 5.56 Å². The maximum absolute atomic E-state index is 16.3. The van der Waals surface area contributed by atoms with Gasteiger partial charge in [-0.3, -0.25) is 9.88 Å². The molecule has 0 unspecified atom stereocenters. The molecular formula is C27H40FN7O. The molecule has 3 aliphatic heterocycles. The molecule has 1 aromatic heterocycles. The van der Waals surface area contributed by atoms with Gasteiger partial charge >= 0.3 is 0 Å². The molecule has 3 aliphatic rings. The van der Waals surface area contributed by atoms with Crippen LogP contribution in [0.3, 0.4) is 0 Å². The van der Waals surface area contributed by atoms with Crippen molar-refractivity contribution in [2.24, 2.45) is 4.99 Å². The molecule has 196 valence electrons. The zero-order valence-electron chi connectivity index (χ0n) is 21.8. The molecule has 36 heavy (non-hydrogen) atoms. The van der Waals surface area contributed by atoms with Crippen LogP contribution >= 0.6 is 0 Å². The highest BCUT2D eigenvalue weighted by atomic mass is 19.1. The number of halogens is 1. The number of amidine groups is 1. The van der Waals surface area contributed by atoms with Gasteiger partial charge < -0.3 is 24.3 Å². The van der Waals surface area contributed by atoms with Crippen LogP contribution in [-0.4, -0.2) is 121 Å². The lowest BCUT2D eigenvalue weighted by Crippen LogP contribution is -2.48. The van der Waals surface area contributed by atoms with Gasteiger partial charge in [-0.05, 0) is 37.7 Å². The lowest BCUT2D eigenvalue weighted by molar-refractivity contribution is 0.0515. The summed E-state index contributed by atoms with van der Waals surface area (Å²) in [5.41, 5.74) is 1.84. The van der Waals surface area contributed by atoms with Crippen molar-refractivity contribution in [3.63, 3.8) is 0 Å². The fourth-order valence-electron chi connectivity index (χ4n) is 4.82. The molecule has 0 atom stereocenters. The summed E-state index contributed by atoms with van der Waals surface area (Å²) in [6.45, 7) is 16.2. The van der Waals surface area contributed by atoms with Crippen LogP contribution in [-0.2, 0) is 11.3 Å². The van der Waals surface area contributed by atoms with Gasteiger partial charge in [0.15, 0.2) is 11.6 Å². The first-order chi connectivity index (χ1) is 17.5. The lowest BCUT2D eigenvalue weighted by atomic mass is 10.2. The monoisotopic (exact) mass is 497 g/mol. The first kappa shape index (κ1) is 26.3. The molecule has 3 saturated heterocycles. The number of piperazine rings is 2. The topological polar surface area (TPSA) is 50.7 Å². The Morgan fingerprint density at radius 1 is 0.972 bits per heavy atom. The summed E-state index contributed by atoms with van der Waals surface area (Å²) in [7, 11) is 2.10. The second-order valence-corrected chi connectivity index (χ2v) is 9.59. The van der Waals surface area contributed by atoms with Gasteiger partial charge in [-0.1, -0.05) is 12.7 Å². The van der Waals surface area contributed by atoms with Crippen molar-refractivity contribution in [3.05, 3.63) is 66.2 Å². The Labute approximate surface area is 215 Å². The molecule has 0 spiro atoms. The molecule has 8 nitrogen and oxygen atoms in total. The summed E-state index contributed by atoms with van der Waals surface area (Å²) in [6.07, 6.45) is 7.13. The highest BCUT2D eigenvalue weighted by Gasteiger charge is 2.26. The third kappa shape index (κ3) is 6.93. The minimum Gasteiger partial charge on any atom is -0.378 e. The Morgan fingerprint density at radius 3 is 2.25 bits per heavy atom.